The molecule has 0 spiro atoms. The molecule has 1 aromatic carbocycles. The number of benzene rings is 1. The summed E-state index contributed by atoms with van der Waals surface area (Å²) in [4.78, 5) is 4.23. The highest BCUT2D eigenvalue weighted by atomic mass is 19.1. The van der Waals surface area contributed by atoms with Crippen LogP contribution in [-0.4, -0.2) is 49.3 Å². The summed E-state index contributed by atoms with van der Waals surface area (Å²) < 4.78 is 13.3. The molecule has 1 aromatic rings. The minimum atomic E-state index is -0.373. The summed E-state index contributed by atoms with van der Waals surface area (Å²) in [6, 6.07) is 6.38. The number of hydrogen-bond acceptors (Lipinski definition) is 4. The van der Waals surface area contributed by atoms with E-state index in [2.05, 4.69) is 9.80 Å². The maximum atomic E-state index is 13.3. The molecule has 5 heteroatoms. The van der Waals surface area contributed by atoms with Crippen LogP contribution < -0.4 is 4.90 Å². The second-order valence-electron chi connectivity index (χ2n) is 4.36. The maximum Gasteiger partial charge on any atom is 0.126 e. The summed E-state index contributed by atoms with van der Waals surface area (Å²) in [6.45, 7) is 4.11. The average Bonchev–Trinajstić information content (AvgIpc) is 2.39. The van der Waals surface area contributed by atoms with Crippen LogP contribution >= 0.6 is 0 Å². The van der Waals surface area contributed by atoms with Gasteiger partial charge in [-0.1, -0.05) is 0 Å². The van der Waals surface area contributed by atoms with E-state index in [1.54, 1.807) is 6.07 Å². The topological polar surface area (TPSA) is 50.5 Å². The van der Waals surface area contributed by atoms with Gasteiger partial charge in [0, 0.05) is 38.4 Å². The number of anilines is 1. The van der Waals surface area contributed by atoms with Crippen molar-refractivity contribution >= 4 is 5.69 Å². The molecule has 2 rings (SSSR count). The van der Waals surface area contributed by atoms with Crippen LogP contribution in [0.15, 0.2) is 18.2 Å². The molecule has 1 aliphatic rings. The van der Waals surface area contributed by atoms with Crippen molar-refractivity contribution in [2.75, 3.05) is 44.2 Å². The van der Waals surface area contributed by atoms with E-state index in [0.29, 0.717) is 12.1 Å². The zero-order chi connectivity index (χ0) is 13.0. The molecule has 0 unspecified atom stereocenters. The minimum absolute atomic E-state index is 0.165. The van der Waals surface area contributed by atoms with Gasteiger partial charge in [0.1, 0.15) is 5.82 Å². The van der Waals surface area contributed by atoms with E-state index in [9.17, 15) is 4.39 Å². The lowest BCUT2D eigenvalue weighted by atomic mass is 10.1. The van der Waals surface area contributed by atoms with Crippen LogP contribution in [-0.2, 0) is 0 Å². The Morgan fingerprint density at radius 2 is 1.94 bits per heavy atom. The molecule has 0 bridgehead atoms. The fourth-order valence-corrected chi connectivity index (χ4v) is 2.19. The van der Waals surface area contributed by atoms with Gasteiger partial charge in [0.05, 0.1) is 18.2 Å². The Hall–Kier alpha value is -1.64. The van der Waals surface area contributed by atoms with Crippen molar-refractivity contribution in [1.82, 2.24) is 4.90 Å². The number of β-amino-alcohol motifs (C(OH)–C–C–N with tert-alkyl or cyclic N) is 1. The Bertz CT molecular complexity index is 450. The first kappa shape index (κ1) is 12.8. The Morgan fingerprint density at radius 1 is 1.22 bits per heavy atom. The van der Waals surface area contributed by atoms with Gasteiger partial charge in [-0.25, -0.2) is 4.39 Å². The Kier molecular flexibility index (Phi) is 4.13. The van der Waals surface area contributed by atoms with E-state index in [0.717, 1.165) is 31.9 Å². The molecule has 4 nitrogen and oxygen atoms in total. The van der Waals surface area contributed by atoms with Gasteiger partial charge < -0.3 is 10.0 Å². The van der Waals surface area contributed by atoms with Crippen molar-refractivity contribution in [2.24, 2.45) is 0 Å². The predicted molar refractivity (Wildman–Crippen MR) is 66.9 cm³/mol. The van der Waals surface area contributed by atoms with Gasteiger partial charge in [-0.15, -0.1) is 0 Å². The quantitative estimate of drug-likeness (QED) is 0.861. The number of aliphatic hydroxyl groups excluding tert-OH is 1. The fourth-order valence-electron chi connectivity index (χ4n) is 2.19. The first-order chi connectivity index (χ1) is 8.72. The molecule has 0 amide bonds. The standard InChI is InChI=1S/C13H16FN3O/c14-12-7-11(10-15)8-13(9-12)17-3-1-16(2-4-17)5-6-18/h7-9,18H,1-6H2. The number of rotatable bonds is 3. The fraction of sp³-hybridized carbons (Fsp3) is 0.462. The largest absolute Gasteiger partial charge is 0.395 e. The molecule has 1 fully saturated rings. The van der Waals surface area contributed by atoms with Crippen LogP contribution in [0.3, 0.4) is 0 Å². The molecule has 0 saturated carbocycles. The zero-order valence-electron chi connectivity index (χ0n) is 10.1. The number of hydrogen-bond donors (Lipinski definition) is 1. The van der Waals surface area contributed by atoms with Crippen molar-refractivity contribution in [3.63, 3.8) is 0 Å². The molecule has 1 saturated heterocycles. The summed E-state index contributed by atoms with van der Waals surface area (Å²) in [7, 11) is 0. The van der Waals surface area contributed by atoms with E-state index in [-0.39, 0.29) is 12.4 Å². The Labute approximate surface area is 106 Å². The van der Waals surface area contributed by atoms with Gasteiger partial charge in [-0.3, -0.25) is 4.90 Å². The SMILES string of the molecule is N#Cc1cc(F)cc(N2CCN(CCO)CC2)c1. The van der Waals surface area contributed by atoms with Crippen LogP contribution in [0.2, 0.25) is 0 Å². The monoisotopic (exact) mass is 249 g/mol. The van der Waals surface area contributed by atoms with Crippen LogP contribution in [0, 0.1) is 17.1 Å². The first-order valence-electron chi connectivity index (χ1n) is 6.02. The van der Waals surface area contributed by atoms with Gasteiger partial charge in [-0.05, 0) is 18.2 Å². The molecule has 0 aromatic heterocycles. The lowest BCUT2D eigenvalue weighted by Gasteiger charge is -2.35. The second-order valence-corrected chi connectivity index (χ2v) is 4.36. The number of halogens is 1. The number of piperazine rings is 1. The summed E-state index contributed by atoms with van der Waals surface area (Å²) >= 11 is 0. The second kappa shape index (κ2) is 5.80. The highest BCUT2D eigenvalue weighted by Gasteiger charge is 2.17. The number of aliphatic hydroxyl groups is 1. The molecule has 1 heterocycles. The highest BCUT2D eigenvalue weighted by molar-refractivity contribution is 5.52. The van der Waals surface area contributed by atoms with E-state index in [4.69, 9.17) is 10.4 Å². The van der Waals surface area contributed by atoms with E-state index in [1.807, 2.05) is 6.07 Å². The van der Waals surface area contributed by atoms with Crippen molar-refractivity contribution < 1.29 is 9.50 Å². The lowest BCUT2D eigenvalue weighted by Crippen LogP contribution is -2.47. The molecular formula is C13H16FN3O. The average molecular weight is 249 g/mol. The van der Waals surface area contributed by atoms with Crippen LogP contribution in [0.5, 0.6) is 0 Å². The van der Waals surface area contributed by atoms with Crippen LogP contribution in [0.1, 0.15) is 5.56 Å². The molecule has 1 aliphatic heterocycles. The van der Waals surface area contributed by atoms with Gasteiger partial charge >= 0.3 is 0 Å². The third kappa shape index (κ3) is 2.97. The maximum absolute atomic E-state index is 13.3. The van der Waals surface area contributed by atoms with E-state index < -0.39 is 0 Å². The molecule has 0 radical (unpaired) electrons. The van der Waals surface area contributed by atoms with E-state index in [1.165, 1.54) is 12.1 Å². The molecular weight excluding hydrogens is 233 g/mol. The van der Waals surface area contributed by atoms with Gasteiger partial charge in [0.25, 0.3) is 0 Å². The first-order valence-corrected chi connectivity index (χ1v) is 6.02. The number of nitriles is 1. The van der Waals surface area contributed by atoms with Crippen molar-refractivity contribution in [3.8, 4) is 6.07 Å². The normalized spacial score (nSPS) is 16.6. The van der Waals surface area contributed by atoms with E-state index >= 15 is 0 Å². The molecule has 0 aliphatic carbocycles. The molecule has 1 N–H and O–H groups in total. The third-order valence-electron chi connectivity index (χ3n) is 3.17. The van der Waals surface area contributed by atoms with Crippen molar-refractivity contribution in [2.45, 2.75) is 0 Å². The van der Waals surface area contributed by atoms with Gasteiger partial charge in [-0.2, -0.15) is 5.26 Å². The Balaban J connectivity index is 2.05. The van der Waals surface area contributed by atoms with Crippen molar-refractivity contribution in [3.05, 3.63) is 29.6 Å². The summed E-state index contributed by atoms with van der Waals surface area (Å²) in [6.07, 6.45) is 0. The van der Waals surface area contributed by atoms with Crippen LogP contribution in [0.25, 0.3) is 0 Å². The minimum Gasteiger partial charge on any atom is -0.395 e. The Morgan fingerprint density at radius 3 is 2.56 bits per heavy atom. The van der Waals surface area contributed by atoms with Gasteiger partial charge in [0.2, 0.25) is 0 Å². The zero-order valence-corrected chi connectivity index (χ0v) is 10.1. The number of nitrogens with zero attached hydrogens (tertiary/aromatic N) is 3. The smallest absolute Gasteiger partial charge is 0.126 e. The summed E-state index contributed by atoms with van der Waals surface area (Å²) in [5, 5.41) is 17.7. The molecule has 0 atom stereocenters. The van der Waals surface area contributed by atoms with Crippen molar-refractivity contribution in [1.29, 1.82) is 5.26 Å². The summed E-state index contributed by atoms with van der Waals surface area (Å²) in [5.41, 5.74) is 1.11. The summed E-state index contributed by atoms with van der Waals surface area (Å²) in [5.74, 6) is -0.373. The lowest BCUT2D eigenvalue weighted by molar-refractivity contribution is 0.189. The molecule has 96 valence electrons. The predicted octanol–water partition coefficient (Wildman–Crippen LogP) is 0.812. The molecule has 18 heavy (non-hydrogen) atoms. The van der Waals surface area contributed by atoms with Crippen LogP contribution in [0.4, 0.5) is 10.1 Å². The third-order valence-corrected chi connectivity index (χ3v) is 3.17. The highest BCUT2D eigenvalue weighted by Crippen LogP contribution is 2.19. The van der Waals surface area contributed by atoms with Gasteiger partial charge in [0.15, 0.2) is 0 Å².